The van der Waals surface area contributed by atoms with Crippen LogP contribution in [0.1, 0.15) is 13.8 Å². The van der Waals surface area contributed by atoms with Gasteiger partial charge in [-0.05, 0) is 13.8 Å². The molecule has 0 saturated carbocycles. The molecule has 0 aliphatic carbocycles. The summed E-state index contributed by atoms with van der Waals surface area (Å²) < 4.78 is 9.91. The molecule has 0 rings (SSSR count). The van der Waals surface area contributed by atoms with Crippen LogP contribution in [0, 0.1) is 4.91 Å². The van der Waals surface area contributed by atoms with Crippen LogP contribution in [0.5, 0.6) is 0 Å². The molecule has 0 N–H and O–H groups in total. The van der Waals surface area contributed by atoms with E-state index >= 15 is 0 Å². The molecule has 0 aromatic carbocycles. The summed E-state index contributed by atoms with van der Waals surface area (Å²) >= 11 is 0. The van der Waals surface area contributed by atoms with Crippen molar-refractivity contribution in [1.82, 2.24) is 0 Å². The molecular formula is C8H18NO5+. The van der Waals surface area contributed by atoms with E-state index in [-0.39, 0.29) is 18.3 Å². The van der Waals surface area contributed by atoms with E-state index in [1.807, 2.05) is 13.8 Å². The van der Waals surface area contributed by atoms with Crippen LogP contribution in [0.2, 0.25) is 0 Å². The zero-order chi connectivity index (χ0) is 10.6. The average molecular weight is 208 g/mol. The summed E-state index contributed by atoms with van der Waals surface area (Å²) in [5.41, 5.74) is 0. The summed E-state index contributed by atoms with van der Waals surface area (Å²) in [6.45, 7) is 6.08. The number of rotatable bonds is 10. The van der Waals surface area contributed by atoms with Crippen molar-refractivity contribution >= 4 is 0 Å². The first-order valence-corrected chi connectivity index (χ1v) is 4.69. The van der Waals surface area contributed by atoms with Gasteiger partial charge in [-0.3, -0.25) is 0 Å². The molecule has 14 heavy (non-hydrogen) atoms. The van der Waals surface area contributed by atoms with Crippen LogP contribution in [-0.4, -0.2) is 44.7 Å². The minimum atomic E-state index is 0.0814. The van der Waals surface area contributed by atoms with Gasteiger partial charge in [-0.1, -0.05) is 0 Å². The molecule has 0 aromatic heterocycles. The second kappa shape index (κ2) is 10.2. The minimum Gasteiger partial charge on any atom is -0.378 e. The molecule has 84 valence electrons. The van der Waals surface area contributed by atoms with Gasteiger partial charge in [-0.25, -0.2) is 0 Å². The molecule has 0 aliphatic heterocycles. The fourth-order valence-corrected chi connectivity index (χ4v) is 0.667. The summed E-state index contributed by atoms with van der Waals surface area (Å²) in [5, 5.41) is 0.0814. The van der Waals surface area contributed by atoms with Crippen LogP contribution in [0.25, 0.3) is 0 Å². The van der Waals surface area contributed by atoms with Crippen molar-refractivity contribution in [1.29, 1.82) is 0 Å². The van der Waals surface area contributed by atoms with Crippen molar-refractivity contribution in [2.24, 2.45) is 0 Å². The Morgan fingerprint density at radius 2 is 1.29 bits per heavy atom. The Hall–Kier alpha value is -0.880. The van der Waals surface area contributed by atoms with Crippen LogP contribution in [-0.2, 0) is 19.1 Å². The maximum Gasteiger partial charge on any atom is 0.477 e. The largest absolute Gasteiger partial charge is 0.477 e. The SMILES string of the molecule is CCOCCO[N+](=O)OCCOCC. The first kappa shape index (κ1) is 13.1. The Bertz CT molecular complexity index is 128. The Kier molecular flexibility index (Phi) is 9.56. The highest BCUT2D eigenvalue weighted by Gasteiger charge is 2.10. The van der Waals surface area contributed by atoms with E-state index in [2.05, 4.69) is 9.68 Å². The third-order valence-corrected chi connectivity index (χ3v) is 1.26. The van der Waals surface area contributed by atoms with Crippen LogP contribution in [0.15, 0.2) is 0 Å². The first-order chi connectivity index (χ1) is 6.81. The third kappa shape index (κ3) is 9.21. The van der Waals surface area contributed by atoms with E-state index in [1.165, 1.54) is 0 Å². The normalized spacial score (nSPS) is 9.86. The van der Waals surface area contributed by atoms with Crippen molar-refractivity contribution in [3.63, 3.8) is 0 Å². The molecule has 0 saturated heterocycles. The molecule has 6 heteroatoms. The molecule has 0 unspecified atom stereocenters. The number of ether oxygens (including phenoxy) is 2. The molecule has 0 heterocycles. The van der Waals surface area contributed by atoms with Gasteiger partial charge in [0.05, 0.1) is 13.2 Å². The maximum absolute atomic E-state index is 10.7. The van der Waals surface area contributed by atoms with Gasteiger partial charge < -0.3 is 9.47 Å². The molecule has 6 nitrogen and oxygen atoms in total. The van der Waals surface area contributed by atoms with Crippen molar-refractivity contribution in [2.75, 3.05) is 39.6 Å². The van der Waals surface area contributed by atoms with E-state index in [0.29, 0.717) is 26.4 Å². The van der Waals surface area contributed by atoms with Gasteiger partial charge in [-0.15, -0.1) is 0 Å². The van der Waals surface area contributed by atoms with Crippen molar-refractivity contribution in [3.8, 4) is 0 Å². The second-order valence-corrected chi connectivity index (χ2v) is 2.28. The highest BCUT2D eigenvalue weighted by atomic mass is 17.0. The van der Waals surface area contributed by atoms with E-state index in [9.17, 15) is 4.91 Å². The molecule has 0 aromatic rings. The lowest BCUT2D eigenvalue weighted by atomic mass is 10.7. The fraction of sp³-hybridized carbons (Fsp3) is 1.00. The Morgan fingerprint density at radius 3 is 1.64 bits per heavy atom. The van der Waals surface area contributed by atoms with Crippen molar-refractivity contribution in [3.05, 3.63) is 4.91 Å². The van der Waals surface area contributed by atoms with Crippen molar-refractivity contribution < 1.29 is 24.2 Å². The highest BCUT2D eigenvalue weighted by Crippen LogP contribution is 1.84. The van der Waals surface area contributed by atoms with E-state index < -0.39 is 0 Å². The molecule has 0 amide bonds. The van der Waals surface area contributed by atoms with Gasteiger partial charge in [0.1, 0.15) is 4.91 Å². The van der Waals surface area contributed by atoms with Crippen LogP contribution >= 0.6 is 0 Å². The lowest BCUT2D eigenvalue weighted by Crippen LogP contribution is -2.17. The maximum atomic E-state index is 10.7. The van der Waals surface area contributed by atoms with Crippen molar-refractivity contribution in [2.45, 2.75) is 13.8 Å². The summed E-state index contributed by atoms with van der Waals surface area (Å²) in [4.78, 5) is 19.9. The number of hydrogen-bond donors (Lipinski definition) is 0. The Labute approximate surface area is 83.6 Å². The predicted molar refractivity (Wildman–Crippen MR) is 48.5 cm³/mol. The van der Waals surface area contributed by atoms with E-state index in [4.69, 9.17) is 9.47 Å². The smallest absolute Gasteiger partial charge is 0.378 e. The topological polar surface area (TPSA) is 57.0 Å². The zero-order valence-electron chi connectivity index (χ0n) is 8.73. The van der Waals surface area contributed by atoms with Crippen LogP contribution in [0.4, 0.5) is 0 Å². The van der Waals surface area contributed by atoms with Gasteiger partial charge in [0.25, 0.3) is 0 Å². The molecule has 0 spiro atoms. The molecule has 0 bridgehead atoms. The van der Waals surface area contributed by atoms with Gasteiger partial charge >= 0.3 is 5.09 Å². The van der Waals surface area contributed by atoms with Crippen LogP contribution < -0.4 is 0 Å². The Balaban J connectivity index is 3.11. The predicted octanol–water partition coefficient (Wildman–Crippen LogP) is 0.701. The van der Waals surface area contributed by atoms with E-state index in [0.717, 1.165) is 0 Å². The standard InChI is InChI=1S/C8H18NO5/c1-3-11-5-7-13-9(10)14-8-6-12-4-2/h3-8H2,1-2H3/q+1. The molecule has 0 radical (unpaired) electrons. The Morgan fingerprint density at radius 1 is 0.857 bits per heavy atom. The van der Waals surface area contributed by atoms with Gasteiger partial charge in [0.2, 0.25) is 0 Å². The summed E-state index contributed by atoms with van der Waals surface area (Å²) in [5.74, 6) is 0. The first-order valence-electron chi connectivity index (χ1n) is 4.69. The average Bonchev–Trinajstić information content (AvgIpc) is 2.19. The summed E-state index contributed by atoms with van der Waals surface area (Å²) in [7, 11) is 0. The van der Waals surface area contributed by atoms with E-state index in [1.54, 1.807) is 0 Å². The van der Waals surface area contributed by atoms with Gasteiger partial charge in [0.15, 0.2) is 13.2 Å². The third-order valence-electron chi connectivity index (χ3n) is 1.26. The number of hydrogen-bond acceptors (Lipinski definition) is 5. The zero-order valence-corrected chi connectivity index (χ0v) is 8.73. The lowest BCUT2D eigenvalue weighted by molar-refractivity contribution is -0.981. The molecule has 0 atom stereocenters. The lowest BCUT2D eigenvalue weighted by Gasteiger charge is -1.97. The van der Waals surface area contributed by atoms with Gasteiger partial charge in [0, 0.05) is 13.2 Å². The summed E-state index contributed by atoms with van der Waals surface area (Å²) in [6, 6.07) is 0. The second-order valence-electron chi connectivity index (χ2n) is 2.28. The van der Waals surface area contributed by atoms with Crippen LogP contribution in [0.3, 0.4) is 0 Å². The quantitative estimate of drug-likeness (QED) is 0.391. The number of nitrogens with zero attached hydrogens (tertiary/aromatic N) is 1. The molecule has 0 aliphatic rings. The fourth-order valence-electron chi connectivity index (χ4n) is 0.667. The molecule has 0 fully saturated rings. The summed E-state index contributed by atoms with van der Waals surface area (Å²) in [6.07, 6.45) is 0. The molecular weight excluding hydrogens is 190 g/mol. The highest BCUT2D eigenvalue weighted by molar-refractivity contribution is 4.22. The van der Waals surface area contributed by atoms with Gasteiger partial charge in [-0.2, -0.15) is 9.68 Å². The minimum absolute atomic E-state index is 0.0814. The monoisotopic (exact) mass is 208 g/mol.